The largest absolute Gasteiger partial charge is 0.354 e. The van der Waals surface area contributed by atoms with Crippen LogP contribution < -0.4 is 5.73 Å². The number of aromatic amines is 1. The first-order valence-corrected chi connectivity index (χ1v) is 6.58. The topological polar surface area (TPSA) is 54.7 Å². The molecule has 0 aliphatic rings. The summed E-state index contributed by atoms with van der Waals surface area (Å²) < 4.78 is 0. The second kappa shape index (κ2) is 5.03. The number of pyridine rings is 1. The molecule has 0 spiro atoms. The maximum atomic E-state index is 6.09. The fraction of sp³-hybridized carbons (Fsp3) is 0.133. The van der Waals surface area contributed by atoms with Crippen LogP contribution in [-0.4, -0.2) is 16.5 Å². The van der Waals surface area contributed by atoms with Crippen molar-refractivity contribution in [3.05, 3.63) is 53.3 Å². The normalized spacial score (nSPS) is 11.1. The van der Waals surface area contributed by atoms with Gasteiger partial charge in [0.25, 0.3) is 0 Å². The highest BCUT2D eigenvalue weighted by Crippen LogP contribution is 2.31. The van der Waals surface area contributed by atoms with Crippen molar-refractivity contribution in [1.82, 2.24) is 9.97 Å². The van der Waals surface area contributed by atoms with Gasteiger partial charge in [-0.05, 0) is 48.9 Å². The maximum Gasteiger partial charge on any atom is 0.0498 e. The van der Waals surface area contributed by atoms with E-state index in [9.17, 15) is 0 Å². The molecule has 0 aliphatic carbocycles. The third-order valence-corrected chi connectivity index (χ3v) is 3.47. The van der Waals surface area contributed by atoms with Crippen molar-refractivity contribution in [2.75, 3.05) is 6.54 Å². The zero-order valence-electron chi connectivity index (χ0n) is 10.4. The third kappa shape index (κ3) is 2.23. The Labute approximate surface area is 116 Å². The van der Waals surface area contributed by atoms with Gasteiger partial charge in [-0.25, -0.2) is 0 Å². The van der Waals surface area contributed by atoms with E-state index < -0.39 is 0 Å². The number of nitrogens with one attached hydrogen (secondary N) is 1. The van der Waals surface area contributed by atoms with Crippen LogP contribution in [0.1, 0.15) is 5.56 Å². The number of H-pyrrole nitrogens is 1. The Balaban J connectivity index is 2.26. The zero-order chi connectivity index (χ0) is 13.2. The molecule has 0 atom stereocenters. The first-order chi connectivity index (χ1) is 9.29. The number of nitrogens with zero attached hydrogens (tertiary/aromatic N) is 1. The minimum atomic E-state index is 0.609. The van der Waals surface area contributed by atoms with E-state index in [0.717, 1.165) is 33.6 Å². The maximum absolute atomic E-state index is 6.09. The number of rotatable bonds is 3. The Hall–Kier alpha value is -1.84. The standard InChI is InChI=1S/C15H14ClN3/c16-11-1-2-14-13(9-11)12(3-6-17)15(19-14)10-4-7-18-8-5-10/h1-2,4-5,7-9,19H,3,6,17H2. The van der Waals surface area contributed by atoms with Crippen LogP contribution in [0, 0.1) is 0 Å². The Morgan fingerprint density at radius 2 is 1.95 bits per heavy atom. The molecule has 0 radical (unpaired) electrons. The molecule has 0 saturated carbocycles. The van der Waals surface area contributed by atoms with E-state index in [0.29, 0.717) is 6.54 Å². The summed E-state index contributed by atoms with van der Waals surface area (Å²) in [6.07, 6.45) is 4.40. The van der Waals surface area contributed by atoms with Crippen LogP contribution >= 0.6 is 11.6 Å². The van der Waals surface area contributed by atoms with Gasteiger partial charge in [0.15, 0.2) is 0 Å². The molecule has 0 bridgehead atoms. The van der Waals surface area contributed by atoms with Crippen molar-refractivity contribution in [3.63, 3.8) is 0 Å². The number of hydrogen-bond donors (Lipinski definition) is 2. The van der Waals surface area contributed by atoms with Crippen molar-refractivity contribution in [1.29, 1.82) is 0 Å². The van der Waals surface area contributed by atoms with E-state index in [-0.39, 0.29) is 0 Å². The predicted octanol–water partition coefficient (Wildman–Crippen LogP) is 3.38. The number of aromatic nitrogens is 2. The highest BCUT2D eigenvalue weighted by Gasteiger charge is 2.12. The summed E-state index contributed by atoms with van der Waals surface area (Å²) in [6.45, 7) is 0.609. The Kier molecular flexibility index (Phi) is 3.23. The van der Waals surface area contributed by atoms with Crippen molar-refractivity contribution in [2.45, 2.75) is 6.42 Å². The van der Waals surface area contributed by atoms with Crippen LogP contribution in [0.25, 0.3) is 22.2 Å². The molecular formula is C15H14ClN3. The number of benzene rings is 1. The molecule has 2 heterocycles. The summed E-state index contributed by atoms with van der Waals surface area (Å²) in [5.74, 6) is 0. The Morgan fingerprint density at radius 3 is 2.68 bits per heavy atom. The monoisotopic (exact) mass is 271 g/mol. The molecule has 19 heavy (non-hydrogen) atoms. The molecule has 0 unspecified atom stereocenters. The first kappa shape index (κ1) is 12.2. The summed E-state index contributed by atoms with van der Waals surface area (Å²) >= 11 is 6.09. The third-order valence-electron chi connectivity index (χ3n) is 3.23. The molecule has 3 N–H and O–H groups in total. The van der Waals surface area contributed by atoms with Crippen molar-refractivity contribution in [2.24, 2.45) is 5.73 Å². The highest BCUT2D eigenvalue weighted by molar-refractivity contribution is 6.31. The molecule has 0 fully saturated rings. The smallest absolute Gasteiger partial charge is 0.0498 e. The Bertz CT molecular complexity index is 704. The molecule has 96 valence electrons. The molecular weight excluding hydrogens is 258 g/mol. The van der Waals surface area contributed by atoms with Crippen LogP contribution in [0.2, 0.25) is 5.02 Å². The van der Waals surface area contributed by atoms with Crippen LogP contribution in [0.4, 0.5) is 0 Å². The number of hydrogen-bond acceptors (Lipinski definition) is 2. The number of nitrogens with two attached hydrogens (primary N) is 1. The number of fused-ring (bicyclic) bond motifs is 1. The summed E-state index contributed by atoms with van der Waals surface area (Å²) in [5.41, 5.74) is 10.3. The second-order valence-electron chi connectivity index (χ2n) is 4.44. The van der Waals surface area contributed by atoms with Gasteiger partial charge in [0.2, 0.25) is 0 Å². The fourth-order valence-corrected chi connectivity index (χ4v) is 2.56. The van der Waals surface area contributed by atoms with Crippen LogP contribution in [0.5, 0.6) is 0 Å². The second-order valence-corrected chi connectivity index (χ2v) is 4.88. The quantitative estimate of drug-likeness (QED) is 0.767. The van der Waals surface area contributed by atoms with Crippen LogP contribution in [0.3, 0.4) is 0 Å². The minimum Gasteiger partial charge on any atom is -0.354 e. The SMILES string of the molecule is NCCc1c(-c2ccncc2)[nH]c2ccc(Cl)cc12. The van der Waals surface area contributed by atoms with Crippen LogP contribution in [-0.2, 0) is 6.42 Å². The first-order valence-electron chi connectivity index (χ1n) is 6.20. The van der Waals surface area contributed by atoms with Crippen molar-refractivity contribution >= 4 is 22.5 Å². The van der Waals surface area contributed by atoms with E-state index in [1.807, 2.05) is 30.3 Å². The highest BCUT2D eigenvalue weighted by atomic mass is 35.5. The summed E-state index contributed by atoms with van der Waals surface area (Å²) in [5, 5.41) is 1.89. The average Bonchev–Trinajstić information content (AvgIpc) is 2.79. The van der Waals surface area contributed by atoms with E-state index in [1.54, 1.807) is 12.4 Å². The van der Waals surface area contributed by atoms with E-state index in [1.165, 1.54) is 5.56 Å². The zero-order valence-corrected chi connectivity index (χ0v) is 11.1. The lowest BCUT2D eigenvalue weighted by Gasteiger charge is -2.03. The van der Waals surface area contributed by atoms with Gasteiger partial charge in [0, 0.05) is 39.6 Å². The molecule has 3 rings (SSSR count). The van der Waals surface area contributed by atoms with Crippen molar-refractivity contribution < 1.29 is 0 Å². The van der Waals surface area contributed by atoms with E-state index >= 15 is 0 Å². The summed E-state index contributed by atoms with van der Waals surface area (Å²) in [6, 6.07) is 9.87. The van der Waals surface area contributed by atoms with Gasteiger partial charge in [-0.1, -0.05) is 11.6 Å². The van der Waals surface area contributed by atoms with Crippen molar-refractivity contribution in [3.8, 4) is 11.3 Å². The molecule has 3 nitrogen and oxygen atoms in total. The lowest BCUT2D eigenvalue weighted by Crippen LogP contribution is -2.03. The molecule has 4 heteroatoms. The van der Waals surface area contributed by atoms with Gasteiger partial charge in [-0.3, -0.25) is 4.98 Å². The molecule has 2 aromatic heterocycles. The Morgan fingerprint density at radius 1 is 1.16 bits per heavy atom. The van der Waals surface area contributed by atoms with Gasteiger partial charge >= 0.3 is 0 Å². The molecule has 0 saturated heterocycles. The van der Waals surface area contributed by atoms with Gasteiger partial charge in [-0.2, -0.15) is 0 Å². The van der Waals surface area contributed by atoms with Gasteiger partial charge in [-0.15, -0.1) is 0 Å². The minimum absolute atomic E-state index is 0.609. The molecule has 1 aromatic carbocycles. The lowest BCUT2D eigenvalue weighted by molar-refractivity contribution is 0.978. The van der Waals surface area contributed by atoms with Gasteiger partial charge < -0.3 is 10.7 Å². The van der Waals surface area contributed by atoms with Gasteiger partial charge in [0.1, 0.15) is 0 Å². The predicted molar refractivity (Wildman–Crippen MR) is 79.3 cm³/mol. The average molecular weight is 272 g/mol. The summed E-state index contributed by atoms with van der Waals surface area (Å²) in [4.78, 5) is 7.51. The molecule has 0 aliphatic heterocycles. The fourth-order valence-electron chi connectivity index (χ4n) is 2.39. The van der Waals surface area contributed by atoms with Gasteiger partial charge in [0.05, 0.1) is 0 Å². The van der Waals surface area contributed by atoms with Crippen LogP contribution in [0.15, 0.2) is 42.7 Å². The van der Waals surface area contributed by atoms with E-state index in [4.69, 9.17) is 17.3 Å². The molecule has 0 amide bonds. The number of halogens is 1. The summed E-state index contributed by atoms with van der Waals surface area (Å²) in [7, 11) is 0. The van der Waals surface area contributed by atoms with E-state index in [2.05, 4.69) is 9.97 Å². The lowest BCUT2D eigenvalue weighted by atomic mass is 10.0. The molecule has 3 aromatic rings.